The maximum absolute atomic E-state index is 12.7. The number of hydrogen-bond acceptors (Lipinski definition) is 5. The number of carbonyl (C=O) groups is 1. The van der Waals surface area contributed by atoms with Gasteiger partial charge in [0.15, 0.2) is 16.3 Å². The molecule has 3 rings (SSSR count). The Balaban J connectivity index is 1.84. The highest BCUT2D eigenvalue weighted by Gasteiger charge is 2.29. The first kappa shape index (κ1) is 21.7. The number of imidazole rings is 1. The molecule has 1 saturated carbocycles. The normalized spacial score (nSPS) is 22.2. The number of fused-ring (bicyclic) bond motifs is 1. The van der Waals surface area contributed by atoms with Crippen molar-refractivity contribution in [1.82, 2.24) is 24.0 Å². The first-order valence-electron chi connectivity index (χ1n) is 10.3. The van der Waals surface area contributed by atoms with E-state index >= 15 is 0 Å². The second-order valence-corrected chi connectivity index (χ2v) is 9.13. The Hall–Kier alpha value is -2.03. The molecular formula is C20H31N5O3S. The highest BCUT2D eigenvalue weighted by atomic mass is 32.2. The number of hydrogen-bond donors (Lipinski definition) is 1. The summed E-state index contributed by atoms with van der Waals surface area (Å²) in [7, 11) is 3.08. The van der Waals surface area contributed by atoms with E-state index in [0.29, 0.717) is 34.7 Å². The molecule has 0 bridgehead atoms. The van der Waals surface area contributed by atoms with Crippen molar-refractivity contribution in [2.45, 2.75) is 64.2 Å². The van der Waals surface area contributed by atoms with Gasteiger partial charge in [-0.25, -0.2) is 9.78 Å². The average Bonchev–Trinajstić information content (AvgIpc) is 3.05. The third kappa shape index (κ3) is 4.15. The van der Waals surface area contributed by atoms with Crippen LogP contribution in [0.4, 0.5) is 0 Å². The number of aryl methyl sites for hydroxylation is 2. The maximum atomic E-state index is 12.7. The molecule has 0 aliphatic heterocycles. The van der Waals surface area contributed by atoms with E-state index in [1.54, 1.807) is 7.05 Å². The summed E-state index contributed by atoms with van der Waals surface area (Å²) in [4.78, 5) is 42.1. The molecule has 0 saturated heterocycles. The first-order valence-corrected chi connectivity index (χ1v) is 11.3. The molecule has 1 aliphatic rings. The summed E-state index contributed by atoms with van der Waals surface area (Å²) < 4.78 is 4.32. The summed E-state index contributed by atoms with van der Waals surface area (Å²) in [6.45, 7) is 7.02. The zero-order chi connectivity index (χ0) is 21.3. The van der Waals surface area contributed by atoms with Gasteiger partial charge in [0.2, 0.25) is 5.91 Å². The van der Waals surface area contributed by atoms with Crippen LogP contribution < -0.4 is 16.6 Å². The molecule has 160 valence electrons. The molecule has 2 unspecified atom stereocenters. The highest BCUT2D eigenvalue weighted by molar-refractivity contribution is 7.99. The Bertz CT molecular complexity index is 1010. The van der Waals surface area contributed by atoms with Crippen molar-refractivity contribution in [2.24, 2.45) is 25.9 Å². The smallest absolute Gasteiger partial charge is 0.332 e. The predicted octanol–water partition coefficient (Wildman–Crippen LogP) is 1.88. The van der Waals surface area contributed by atoms with Crippen molar-refractivity contribution in [1.29, 1.82) is 0 Å². The Labute approximate surface area is 174 Å². The van der Waals surface area contributed by atoms with E-state index < -0.39 is 5.69 Å². The van der Waals surface area contributed by atoms with Gasteiger partial charge in [0.05, 0.1) is 5.75 Å². The van der Waals surface area contributed by atoms with Gasteiger partial charge in [-0.2, -0.15) is 0 Å². The Morgan fingerprint density at radius 3 is 2.45 bits per heavy atom. The lowest BCUT2D eigenvalue weighted by Gasteiger charge is -2.35. The molecule has 0 aromatic carbocycles. The van der Waals surface area contributed by atoms with Crippen molar-refractivity contribution in [3.63, 3.8) is 0 Å². The average molecular weight is 422 g/mol. The monoisotopic (exact) mass is 421 g/mol. The van der Waals surface area contributed by atoms with Crippen molar-refractivity contribution in [2.75, 3.05) is 5.75 Å². The van der Waals surface area contributed by atoms with Crippen molar-refractivity contribution in [3.8, 4) is 0 Å². The van der Waals surface area contributed by atoms with Crippen LogP contribution >= 0.6 is 11.8 Å². The van der Waals surface area contributed by atoms with Crippen molar-refractivity contribution >= 4 is 28.8 Å². The SMILES string of the molecule is CCCn1c(SCC(=O)NC2C(C)CCCC2C)nc2c1c(=O)n(C)c(=O)n2C. The number of nitrogens with one attached hydrogen (secondary N) is 1. The molecule has 2 aromatic rings. The summed E-state index contributed by atoms with van der Waals surface area (Å²) in [5.74, 6) is 1.18. The third-order valence-corrected chi connectivity index (χ3v) is 6.94. The van der Waals surface area contributed by atoms with Gasteiger partial charge in [0.1, 0.15) is 0 Å². The lowest BCUT2D eigenvalue weighted by molar-refractivity contribution is -0.120. The molecule has 0 radical (unpaired) electrons. The quantitative estimate of drug-likeness (QED) is 0.719. The molecule has 0 spiro atoms. The van der Waals surface area contributed by atoms with E-state index in [1.807, 2.05) is 11.5 Å². The van der Waals surface area contributed by atoms with E-state index in [4.69, 9.17) is 0 Å². The second kappa shape index (κ2) is 8.77. The minimum Gasteiger partial charge on any atom is -0.352 e. The molecule has 1 N–H and O–H groups in total. The van der Waals surface area contributed by atoms with Crippen LogP contribution in [-0.4, -0.2) is 36.4 Å². The van der Waals surface area contributed by atoms with E-state index in [9.17, 15) is 14.4 Å². The number of nitrogens with zero attached hydrogens (tertiary/aromatic N) is 4. The largest absolute Gasteiger partial charge is 0.352 e. The molecule has 2 heterocycles. The molecule has 1 aliphatic carbocycles. The number of amides is 1. The molecule has 8 nitrogen and oxygen atoms in total. The van der Waals surface area contributed by atoms with Crippen LogP contribution in [0.1, 0.15) is 46.5 Å². The van der Waals surface area contributed by atoms with Gasteiger partial charge in [0, 0.05) is 26.7 Å². The Kier molecular flexibility index (Phi) is 6.55. The predicted molar refractivity (Wildman–Crippen MR) is 115 cm³/mol. The molecule has 2 atom stereocenters. The van der Waals surface area contributed by atoms with Crippen LogP contribution in [0.3, 0.4) is 0 Å². The Morgan fingerprint density at radius 1 is 1.17 bits per heavy atom. The molecule has 9 heteroatoms. The van der Waals surface area contributed by atoms with Gasteiger partial charge in [0.25, 0.3) is 5.56 Å². The van der Waals surface area contributed by atoms with Crippen molar-refractivity contribution in [3.05, 3.63) is 20.8 Å². The fraction of sp³-hybridized carbons (Fsp3) is 0.700. The third-order valence-electron chi connectivity index (χ3n) is 5.97. The van der Waals surface area contributed by atoms with Gasteiger partial charge in [-0.05, 0) is 31.1 Å². The van der Waals surface area contributed by atoms with Crippen LogP contribution in [0.15, 0.2) is 14.7 Å². The zero-order valence-corrected chi connectivity index (χ0v) is 18.7. The first-order chi connectivity index (χ1) is 13.8. The summed E-state index contributed by atoms with van der Waals surface area (Å²) in [6.07, 6.45) is 4.32. The molecule has 1 amide bonds. The highest BCUT2D eigenvalue weighted by Crippen LogP contribution is 2.29. The second-order valence-electron chi connectivity index (χ2n) is 8.19. The number of aromatic nitrogens is 4. The topological polar surface area (TPSA) is 90.9 Å². The number of carbonyl (C=O) groups excluding carboxylic acids is 1. The van der Waals surface area contributed by atoms with E-state index in [-0.39, 0.29) is 23.3 Å². The number of rotatable bonds is 6. The Morgan fingerprint density at radius 2 is 1.83 bits per heavy atom. The number of thioether (sulfide) groups is 1. The van der Waals surface area contributed by atoms with Crippen LogP contribution in [-0.2, 0) is 25.4 Å². The summed E-state index contributed by atoms with van der Waals surface area (Å²) in [5.41, 5.74) is 0.0151. The summed E-state index contributed by atoms with van der Waals surface area (Å²) in [6, 6.07) is 0.208. The fourth-order valence-electron chi connectivity index (χ4n) is 4.29. The molecule has 1 fully saturated rings. The van der Waals surface area contributed by atoms with Gasteiger partial charge < -0.3 is 9.88 Å². The molecular weight excluding hydrogens is 390 g/mol. The van der Waals surface area contributed by atoms with Crippen LogP contribution in [0, 0.1) is 11.8 Å². The maximum Gasteiger partial charge on any atom is 0.332 e. The van der Waals surface area contributed by atoms with E-state index in [0.717, 1.165) is 23.8 Å². The standard InChI is InChI=1S/C20H31N5O3S/c1-6-10-25-16-17(23(4)20(28)24(5)18(16)27)22-19(25)29-11-14(26)21-15-12(2)8-7-9-13(15)3/h12-13,15H,6-11H2,1-5H3,(H,21,26). The van der Waals surface area contributed by atoms with Crippen LogP contribution in [0.5, 0.6) is 0 Å². The van der Waals surface area contributed by atoms with Crippen LogP contribution in [0.2, 0.25) is 0 Å². The van der Waals surface area contributed by atoms with Crippen LogP contribution in [0.25, 0.3) is 11.2 Å². The van der Waals surface area contributed by atoms with E-state index in [1.165, 1.54) is 29.8 Å². The minimum absolute atomic E-state index is 0.0162. The van der Waals surface area contributed by atoms with Gasteiger partial charge in [-0.15, -0.1) is 0 Å². The molecule has 2 aromatic heterocycles. The fourth-order valence-corrected chi connectivity index (χ4v) is 5.12. The van der Waals surface area contributed by atoms with Gasteiger partial charge >= 0.3 is 5.69 Å². The van der Waals surface area contributed by atoms with Gasteiger partial charge in [-0.3, -0.25) is 18.7 Å². The minimum atomic E-state index is -0.404. The lowest BCUT2D eigenvalue weighted by Crippen LogP contribution is -2.46. The van der Waals surface area contributed by atoms with Gasteiger partial charge in [-0.1, -0.05) is 39.0 Å². The summed E-state index contributed by atoms with van der Waals surface area (Å²) in [5, 5.41) is 3.79. The van der Waals surface area contributed by atoms with E-state index in [2.05, 4.69) is 24.1 Å². The summed E-state index contributed by atoms with van der Waals surface area (Å²) >= 11 is 1.32. The van der Waals surface area contributed by atoms with Crippen molar-refractivity contribution < 1.29 is 4.79 Å². The molecule has 29 heavy (non-hydrogen) atoms. The zero-order valence-electron chi connectivity index (χ0n) is 17.9. The lowest BCUT2D eigenvalue weighted by atomic mass is 9.79.